The van der Waals surface area contributed by atoms with Crippen LogP contribution in [0.4, 0.5) is 5.69 Å². The van der Waals surface area contributed by atoms with Crippen molar-refractivity contribution >= 4 is 33.0 Å². The molecule has 1 aromatic heterocycles. The summed E-state index contributed by atoms with van der Waals surface area (Å²) in [4.78, 5) is 5.84. The third-order valence-electron chi connectivity index (χ3n) is 2.92. The number of hydrogen-bond acceptors (Lipinski definition) is 3. The van der Waals surface area contributed by atoms with Gasteiger partial charge < -0.3 is 5.32 Å². The van der Waals surface area contributed by atoms with Gasteiger partial charge >= 0.3 is 0 Å². The van der Waals surface area contributed by atoms with Crippen molar-refractivity contribution in [3.63, 3.8) is 0 Å². The van der Waals surface area contributed by atoms with Crippen molar-refractivity contribution in [1.29, 1.82) is 0 Å². The van der Waals surface area contributed by atoms with Crippen LogP contribution in [-0.4, -0.2) is 4.98 Å². The molecule has 0 aliphatic heterocycles. The fourth-order valence-corrected chi connectivity index (χ4v) is 3.61. The van der Waals surface area contributed by atoms with Crippen LogP contribution >= 0.6 is 27.3 Å². The molecule has 1 N–H and O–H groups in total. The molecule has 0 radical (unpaired) electrons. The second kappa shape index (κ2) is 5.41. The zero-order valence-corrected chi connectivity index (χ0v) is 13.5. The number of benzene rings is 1. The lowest BCUT2D eigenvalue weighted by atomic mass is 10.1. The maximum absolute atomic E-state index is 4.54. The topological polar surface area (TPSA) is 24.9 Å². The lowest BCUT2D eigenvalue weighted by Crippen LogP contribution is -2.02. The Morgan fingerprint density at radius 3 is 2.50 bits per heavy atom. The second-order valence-electron chi connectivity index (χ2n) is 4.54. The third kappa shape index (κ3) is 2.93. The lowest BCUT2D eigenvalue weighted by Gasteiger charge is -2.11. The van der Waals surface area contributed by atoms with Gasteiger partial charge in [-0.05, 0) is 60.8 Å². The first kappa shape index (κ1) is 13.6. The number of nitrogens with zero attached hydrogens (tertiary/aromatic N) is 1. The van der Waals surface area contributed by atoms with E-state index in [1.165, 1.54) is 16.0 Å². The van der Waals surface area contributed by atoms with Crippen LogP contribution < -0.4 is 5.32 Å². The van der Waals surface area contributed by atoms with Crippen LogP contribution in [0.1, 0.15) is 26.7 Å². The van der Waals surface area contributed by atoms with Gasteiger partial charge in [-0.15, -0.1) is 11.3 Å². The maximum Gasteiger partial charge on any atom is 0.112 e. The Morgan fingerprint density at radius 1 is 1.22 bits per heavy atom. The molecule has 1 aromatic carbocycles. The summed E-state index contributed by atoms with van der Waals surface area (Å²) in [5, 5.41) is 4.60. The summed E-state index contributed by atoms with van der Waals surface area (Å²) in [5.41, 5.74) is 4.82. The number of rotatable bonds is 3. The van der Waals surface area contributed by atoms with Gasteiger partial charge in [0.25, 0.3) is 0 Å². The molecular formula is C14H17BrN2S. The molecule has 4 heteroatoms. The fraction of sp³-hybridized carbons (Fsp3) is 0.357. The number of halogens is 1. The van der Waals surface area contributed by atoms with Crippen LogP contribution in [0.15, 0.2) is 16.6 Å². The summed E-state index contributed by atoms with van der Waals surface area (Å²) in [7, 11) is 0. The minimum absolute atomic E-state index is 0.780. The number of aromatic nitrogens is 1. The highest BCUT2D eigenvalue weighted by Gasteiger charge is 2.07. The molecule has 18 heavy (non-hydrogen) atoms. The van der Waals surface area contributed by atoms with Crippen molar-refractivity contribution in [2.75, 3.05) is 5.32 Å². The molecule has 0 fully saturated rings. The molecule has 2 nitrogen and oxygen atoms in total. The van der Waals surface area contributed by atoms with Gasteiger partial charge in [-0.1, -0.05) is 6.07 Å². The zero-order valence-electron chi connectivity index (χ0n) is 11.1. The Balaban J connectivity index is 2.15. The fourth-order valence-electron chi connectivity index (χ4n) is 1.92. The Bertz CT molecular complexity index is 533. The van der Waals surface area contributed by atoms with Gasteiger partial charge in [0.15, 0.2) is 0 Å². The Morgan fingerprint density at radius 2 is 1.94 bits per heavy atom. The van der Waals surface area contributed by atoms with Crippen LogP contribution in [0.2, 0.25) is 0 Å². The zero-order chi connectivity index (χ0) is 13.3. The predicted octanol–water partition coefficient (Wildman–Crippen LogP) is 4.75. The van der Waals surface area contributed by atoms with E-state index in [1.54, 1.807) is 11.3 Å². The number of hydrogen-bond donors (Lipinski definition) is 1. The van der Waals surface area contributed by atoms with E-state index in [2.05, 4.69) is 66.1 Å². The monoisotopic (exact) mass is 324 g/mol. The van der Waals surface area contributed by atoms with Crippen LogP contribution in [0.3, 0.4) is 0 Å². The quantitative estimate of drug-likeness (QED) is 0.881. The first-order valence-corrected chi connectivity index (χ1v) is 7.52. The van der Waals surface area contributed by atoms with Crippen LogP contribution in [-0.2, 0) is 6.54 Å². The average Bonchev–Trinajstić information content (AvgIpc) is 2.56. The first-order chi connectivity index (χ1) is 8.47. The van der Waals surface area contributed by atoms with Gasteiger partial charge in [0.05, 0.1) is 17.9 Å². The largest absolute Gasteiger partial charge is 0.377 e. The smallest absolute Gasteiger partial charge is 0.112 e. The molecule has 0 aliphatic rings. The number of thiazole rings is 1. The summed E-state index contributed by atoms with van der Waals surface area (Å²) in [6.45, 7) is 9.18. The van der Waals surface area contributed by atoms with Crippen LogP contribution in [0.5, 0.6) is 0 Å². The second-order valence-corrected chi connectivity index (χ2v) is 6.68. The summed E-state index contributed by atoms with van der Waals surface area (Å²) in [6.07, 6.45) is 0. The van der Waals surface area contributed by atoms with E-state index in [-0.39, 0.29) is 0 Å². The summed E-state index contributed by atoms with van der Waals surface area (Å²) in [6, 6.07) is 4.32. The molecule has 0 unspecified atom stereocenters. The number of nitrogens with one attached hydrogen (secondary N) is 1. The molecule has 0 atom stereocenters. The minimum Gasteiger partial charge on any atom is -0.377 e. The lowest BCUT2D eigenvalue weighted by molar-refractivity contribution is 1.06. The highest BCUT2D eigenvalue weighted by molar-refractivity contribution is 9.10. The number of anilines is 1. The third-order valence-corrected chi connectivity index (χ3v) is 4.62. The molecule has 1 heterocycles. The highest BCUT2D eigenvalue weighted by Crippen LogP contribution is 2.28. The standard InChI is InChI=1S/C14H17BrN2S/c1-8-5-9(2)14(12(15)6-8)16-7-13-17-10(3)11(4)18-13/h5-6,16H,7H2,1-4H3. The molecule has 0 amide bonds. The first-order valence-electron chi connectivity index (χ1n) is 5.91. The maximum atomic E-state index is 4.54. The van der Waals surface area contributed by atoms with Crippen LogP contribution in [0, 0.1) is 27.7 Å². The molecular weight excluding hydrogens is 308 g/mol. The molecule has 2 rings (SSSR count). The van der Waals surface area contributed by atoms with Gasteiger partial charge in [-0.25, -0.2) is 4.98 Å². The van der Waals surface area contributed by atoms with E-state index < -0.39 is 0 Å². The van der Waals surface area contributed by atoms with Gasteiger partial charge in [-0.3, -0.25) is 0 Å². The summed E-state index contributed by atoms with van der Waals surface area (Å²) >= 11 is 5.37. The van der Waals surface area contributed by atoms with Crippen LogP contribution in [0.25, 0.3) is 0 Å². The van der Waals surface area contributed by atoms with E-state index in [4.69, 9.17) is 0 Å². The Labute approximate surface area is 121 Å². The molecule has 96 valence electrons. The van der Waals surface area contributed by atoms with E-state index >= 15 is 0 Å². The number of aryl methyl sites for hydroxylation is 4. The average molecular weight is 325 g/mol. The van der Waals surface area contributed by atoms with Crippen molar-refractivity contribution in [3.8, 4) is 0 Å². The van der Waals surface area contributed by atoms with Crippen molar-refractivity contribution in [3.05, 3.63) is 43.3 Å². The molecule has 0 spiro atoms. The molecule has 0 saturated carbocycles. The molecule has 0 aliphatic carbocycles. The molecule has 2 aromatic rings. The van der Waals surface area contributed by atoms with Crippen molar-refractivity contribution in [2.24, 2.45) is 0 Å². The van der Waals surface area contributed by atoms with Crippen molar-refractivity contribution in [2.45, 2.75) is 34.2 Å². The molecule has 0 bridgehead atoms. The van der Waals surface area contributed by atoms with E-state index in [0.29, 0.717) is 0 Å². The minimum atomic E-state index is 0.780. The SMILES string of the molecule is Cc1cc(C)c(NCc2nc(C)c(C)s2)c(Br)c1. The normalized spacial score (nSPS) is 10.7. The predicted molar refractivity (Wildman–Crippen MR) is 82.5 cm³/mol. The Kier molecular flexibility index (Phi) is 4.07. The Hall–Kier alpha value is -0.870. The van der Waals surface area contributed by atoms with Gasteiger partial charge in [-0.2, -0.15) is 0 Å². The molecule has 0 saturated heterocycles. The summed E-state index contributed by atoms with van der Waals surface area (Å²) < 4.78 is 1.12. The van der Waals surface area contributed by atoms with Crippen molar-refractivity contribution < 1.29 is 0 Å². The van der Waals surface area contributed by atoms with E-state index in [9.17, 15) is 0 Å². The van der Waals surface area contributed by atoms with Gasteiger partial charge in [0.1, 0.15) is 5.01 Å². The van der Waals surface area contributed by atoms with E-state index in [0.717, 1.165) is 27.4 Å². The van der Waals surface area contributed by atoms with Crippen molar-refractivity contribution in [1.82, 2.24) is 4.98 Å². The van der Waals surface area contributed by atoms with Gasteiger partial charge in [0, 0.05) is 9.35 Å². The highest BCUT2D eigenvalue weighted by atomic mass is 79.9. The summed E-state index contributed by atoms with van der Waals surface area (Å²) in [5.74, 6) is 0. The van der Waals surface area contributed by atoms with E-state index in [1.807, 2.05) is 0 Å². The van der Waals surface area contributed by atoms with Gasteiger partial charge in [0.2, 0.25) is 0 Å².